The van der Waals surface area contributed by atoms with Crippen LogP contribution in [-0.2, 0) is 46.2 Å². The fraction of sp³-hybridized carbons (Fsp3) is 0.980. The molecule has 0 saturated carbocycles. The summed E-state index contributed by atoms with van der Waals surface area (Å²) < 4.78 is 50.3. The standard InChI is InChI=1S/2C49H101NO6Si/c2*1-7-11-15-19-22-28-38-47(37-27-18-14-10-4)49(52)54-45-35-25-23-30-40-50(42-32-33-43-51)41-31-26-36-46-55-57(5,6)56-48(39-29-21-17-13-9-3)53-44-34-24-20-16-12-8-2/h2*47-48,51H,7-46H2,1-6H3. The minimum absolute atomic E-state index is 0.0594. The zero-order chi connectivity index (χ0) is 83.8. The van der Waals surface area contributed by atoms with E-state index in [1.54, 1.807) is 0 Å². The van der Waals surface area contributed by atoms with Gasteiger partial charge in [-0.2, -0.15) is 0 Å². The lowest BCUT2D eigenvalue weighted by molar-refractivity contribution is -0.150. The molecule has 0 saturated heterocycles. The van der Waals surface area contributed by atoms with Crippen LogP contribution in [0.1, 0.15) is 479 Å². The summed E-state index contributed by atoms with van der Waals surface area (Å²) in [6, 6.07) is 0. The second-order valence-electron chi connectivity index (χ2n) is 35.3. The van der Waals surface area contributed by atoms with Crippen LogP contribution in [0.5, 0.6) is 0 Å². The van der Waals surface area contributed by atoms with Gasteiger partial charge >= 0.3 is 29.1 Å². The molecule has 0 radical (unpaired) electrons. The Morgan fingerprint density at radius 2 is 0.447 bits per heavy atom. The van der Waals surface area contributed by atoms with Crippen molar-refractivity contribution < 1.29 is 56.5 Å². The third-order valence-electron chi connectivity index (χ3n) is 22.9. The molecule has 0 aromatic rings. The van der Waals surface area contributed by atoms with Gasteiger partial charge in [0.05, 0.1) is 25.0 Å². The van der Waals surface area contributed by atoms with E-state index in [-0.39, 0.29) is 49.6 Å². The number of rotatable bonds is 94. The van der Waals surface area contributed by atoms with Crippen LogP contribution in [0.2, 0.25) is 26.2 Å². The highest BCUT2D eigenvalue weighted by molar-refractivity contribution is 6.64. The van der Waals surface area contributed by atoms with Crippen molar-refractivity contribution in [2.75, 3.05) is 92.1 Å². The lowest BCUT2D eigenvalue weighted by Crippen LogP contribution is -2.40. The van der Waals surface area contributed by atoms with Crippen LogP contribution < -0.4 is 0 Å². The van der Waals surface area contributed by atoms with Gasteiger partial charge in [-0.15, -0.1) is 0 Å². The number of esters is 2. The first-order valence-electron chi connectivity index (χ1n) is 50.5. The predicted molar refractivity (Wildman–Crippen MR) is 495 cm³/mol. The minimum Gasteiger partial charge on any atom is -0.465 e. The van der Waals surface area contributed by atoms with Crippen LogP contribution in [0.25, 0.3) is 0 Å². The summed E-state index contributed by atoms with van der Waals surface area (Å²) in [7, 11) is -4.56. The molecule has 684 valence electrons. The van der Waals surface area contributed by atoms with Crippen LogP contribution in [0.3, 0.4) is 0 Å². The number of unbranched alkanes of at least 4 members (excludes halogenated alkanes) is 46. The number of nitrogens with zero attached hydrogens (tertiary/aromatic N) is 2. The van der Waals surface area contributed by atoms with E-state index in [0.717, 1.165) is 233 Å². The summed E-state index contributed by atoms with van der Waals surface area (Å²) in [4.78, 5) is 31.2. The summed E-state index contributed by atoms with van der Waals surface area (Å²) in [5.41, 5.74) is 0. The zero-order valence-electron chi connectivity index (χ0n) is 78.7. The molecule has 114 heavy (non-hydrogen) atoms. The van der Waals surface area contributed by atoms with Crippen molar-refractivity contribution in [2.24, 2.45) is 11.8 Å². The number of aliphatic hydroxyl groups is 2. The van der Waals surface area contributed by atoms with Crippen molar-refractivity contribution in [2.45, 2.75) is 518 Å². The number of carbonyl (C=O) groups excluding carboxylic acids is 2. The Bertz CT molecular complexity index is 1760. The lowest BCUT2D eigenvalue weighted by atomic mass is 9.94. The first kappa shape index (κ1) is 115. The normalized spacial score (nSPS) is 13.1. The zero-order valence-corrected chi connectivity index (χ0v) is 80.7. The molecule has 2 N–H and O–H groups in total. The fourth-order valence-electron chi connectivity index (χ4n) is 15.4. The van der Waals surface area contributed by atoms with Crippen LogP contribution in [0.4, 0.5) is 0 Å². The topological polar surface area (TPSA) is 155 Å². The van der Waals surface area contributed by atoms with E-state index in [9.17, 15) is 19.8 Å². The minimum atomic E-state index is -2.28. The third-order valence-corrected chi connectivity index (χ3v) is 26.4. The summed E-state index contributed by atoms with van der Waals surface area (Å²) in [6.07, 6.45) is 77.9. The van der Waals surface area contributed by atoms with Crippen molar-refractivity contribution in [1.82, 2.24) is 9.80 Å². The van der Waals surface area contributed by atoms with E-state index >= 15 is 0 Å². The Balaban J connectivity index is 0. The van der Waals surface area contributed by atoms with Gasteiger partial charge in [-0.05, 0) is 220 Å². The van der Waals surface area contributed by atoms with E-state index < -0.39 is 17.1 Å². The van der Waals surface area contributed by atoms with E-state index in [4.69, 9.17) is 36.7 Å². The Morgan fingerprint density at radius 1 is 0.246 bits per heavy atom. The number of aliphatic hydroxyl groups excluding tert-OH is 2. The maximum absolute atomic E-state index is 13.0. The lowest BCUT2D eigenvalue weighted by Gasteiger charge is -2.29. The third kappa shape index (κ3) is 83.2. The maximum Gasteiger partial charge on any atom is 0.333 e. The van der Waals surface area contributed by atoms with Crippen LogP contribution in [-0.4, -0.2) is 154 Å². The smallest absolute Gasteiger partial charge is 0.333 e. The van der Waals surface area contributed by atoms with Gasteiger partial charge in [0.2, 0.25) is 0 Å². The van der Waals surface area contributed by atoms with Crippen molar-refractivity contribution >= 4 is 29.1 Å². The van der Waals surface area contributed by atoms with Crippen LogP contribution >= 0.6 is 0 Å². The van der Waals surface area contributed by atoms with Gasteiger partial charge in [-0.1, -0.05) is 325 Å². The number of hydrogen-bond acceptors (Lipinski definition) is 14. The molecule has 0 aromatic heterocycles. The Morgan fingerprint density at radius 3 is 0.719 bits per heavy atom. The van der Waals surface area contributed by atoms with Gasteiger partial charge in [-0.25, -0.2) is 0 Å². The molecular weight excluding hydrogens is 1450 g/mol. The molecule has 0 spiro atoms. The SMILES string of the molecule is CCCCCCCCOC(CCCCCCC)O[Si](C)(C)OCCCCCN(CCCCO)CCCCCCOC(=O)C(CCCCCC)CCCCCCCC.CCCCCCCCOC(CCCCCCC)O[Si](C)(C)OCCCCCN(CCCCO)CCCCCCOC(=O)C(CCCCCC)CCCCCCCC. The highest BCUT2D eigenvalue weighted by Gasteiger charge is 2.31. The second kappa shape index (κ2) is 91.2. The van der Waals surface area contributed by atoms with Gasteiger partial charge in [0.25, 0.3) is 0 Å². The molecule has 0 fully saturated rings. The van der Waals surface area contributed by atoms with E-state index in [1.165, 1.54) is 257 Å². The molecular formula is C98H202N2O12Si2. The van der Waals surface area contributed by atoms with Gasteiger partial charge in [0.1, 0.15) is 12.6 Å². The Labute approximate surface area is 713 Å². The highest BCUT2D eigenvalue weighted by Crippen LogP contribution is 2.26. The summed E-state index contributed by atoms with van der Waals surface area (Å²) >= 11 is 0. The van der Waals surface area contributed by atoms with Gasteiger partial charge in [0.15, 0.2) is 0 Å². The van der Waals surface area contributed by atoms with Gasteiger partial charge < -0.3 is 56.7 Å². The van der Waals surface area contributed by atoms with Crippen molar-refractivity contribution in [3.63, 3.8) is 0 Å². The molecule has 0 heterocycles. The molecule has 0 aliphatic carbocycles. The van der Waals surface area contributed by atoms with E-state index in [0.29, 0.717) is 13.2 Å². The highest BCUT2D eigenvalue weighted by atomic mass is 28.4. The molecule has 14 nitrogen and oxygen atoms in total. The van der Waals surface area contributed by atoms with Crippen molar-refractivity contribution in [3.05, 3.63) is 0 Å². The monoisotopic (exact) mass is 1660 g/mol. The molecule has 16 heteroatoms. The summed E-state index contributed by atoms with van der Waals surface area (Å²) in [5, 5.41) is 18.7. The quantitative estimate of drug-likeness (QED) is 0.0257. The maximum atomic E-state index is 13.0. The Hall–Kier alpha value is -1.03. The largest absolute Gasteiger partial charge is 0.465 e. The molecule has 4 unspecified atom stereocenters. The molecule has 0 amide bonds. The molecule has 0 aliphatic heterocycles. The van der Waals surface area contributed by atoms with Gasteiger partial charge in [0, 0.05) is 39.6 Å². The average Bonchev–Trinajstić information content (AvgIpc) is 0.918. The summed E-state index contributed by atoms with van der Waals surface area (Å²) in [6.45, 7) is 38.1. The molecule has 0 aliphatic rings. The predicted octanol–water partition coefficient (Wildman–Crippen LogP) is 28.9. The van der Waals surface area contributed by atoms with Crippen molar-refractivity contribution in [1.29, 1.82) is 0 Å². The molecule has 4 atom stereocenters. The van der Waals surface area contributed by atoms with Gasteiger partial charge in [-0.3, -0.25) is 9.59 Å². The Kier molecular flexibility index (Phi) is 92.0. The fourth-order valence-corrected chi connectivity index (χ4v) is 18.5. The summed E-state index contributed by atoms with van der Waals surface area (Å²) in [5.74, 6) is 0.305. The van der Waals surface area contributed by atoms with E-state index in [2.05, 4.69) is 91.4 Å². The van der Waals surface area contributed by atoms with Crippen LogP contribution in [0, 0.1) is 11.8 Å². The first-order valence-corrected chi connectivity index (χ1v) is 56.2. The second-order valence-corrected chi connectivity index (χ2v) is 42.0. The van der Waals surface area contributed by atoms with Crippen LogP contribution in [0.15, 0.2) is 0 Å². The molecule has 0 rings (SSSR count). The molecule has 0 bridgehead atoms. The number of hydrogen-bond donors (Lipinski definition) is 2. The number of ether oxygens (including phenoxy) is 4. The van der Waals surface area contributed by atoms with Crippen molar-refractivity contribution in [3.8, 4) is 0 Å². The average molecular weight is 1660 g/mol. The number of carbonyl (C=O) groups is 2. The van der Waals surface area contributed by atoms with E-state index in [1.807, 2.05) is 0 Å². The molecule has 0 aromatic carbocycles. The first-order chi connectivity index (χ1) is 55.7.